The summed E-state index contributed by atoms with van der Waals surface area (Å²) in [5, 5.41) is 10.0. The zero-order valence-electron chi connectivity index (χ0n) is 82.0. The van der Waals surface area contributed by atoms with E-state index in [1.165, 1.54) is 41.5 Å². The maximum atomic E-state index is 13.7. The van der Waals surface area contributed by atoms with Crippen molar-refractivity contribution in [2.24, 2.45) is 23.5 Å². The molecule has 3 N–H and O–H groups in total. The third-order valence-corrected chi connectivity index (χ3v) is 26.8. The Morgan fingerprint density at radius 3 is 1.53 bits per heavy atom. The Balaban J connectivity index is 0.000000171. The van der Waals surface area contributed by atoms with Gasteiger partial charge in [0.25, 0.3) is 0 Å². The average Bonchev–Trinajstić information content (AvgIpc) is 1.60. The van der Waals surface area contributed by atoms with Crippen LogP contribution in [0.25, 0.3) is 28.1 Å². The van der Waals surface area contributed by atoms with Gasteiger partial charge in [0.05, 0.1) is 46.4 Å². The van der Waals surface area contributed by atoms with E-state index >= 15 is 0 Å². The number of hydrogen-bond acceptors (Lipinski definition) is 14. The molecule has 11 aromatic carbocycles. The second-order valence-corrected chi connectivity index (χ2v) is 39.8. The van der Waals surface area contributed by atoms with E-state index in [1.807, 2.05) is 248 Å². The van der Waals surface area contributed by atoms with Gasteiger partial charge < -0.3 is 54.1 Å². The highest BCUT2D eigenvalue weighted by molar-refractivity contribution is 14.1. The van der Waals surface area contributed by atoms with Crippen molar-refractivity contribution < 1.29 is 67.1 Å². The van der Waals surface area contributed by atoms with Gasteiger partial charge in [-0.1, -0.05) is 177 Å². The van der Waals surface area contributed by atoms with Crippen LogP contribution in [-0.4, -0.2) is 125 Å². The van der Waals surface area contributed by atoms with Crippen LogP contribution in [0.5, 0.6) is 23.0 Å². The van der Waals surface area contributed by atoms with Crippen molar-refractivity contribution >= 4 is 166 Å². The quantitative estimate of drug-likeness (QED) is 0.0342. The number of aliphatic carboxylic acids is 1. The smallest absolute Gasteiger partial charge is 0.419 e. The number of halogens is 3. The molecule has 4 atom stereocenters. The van der Waals surface area contributed by atoms with Crippen molar-refractivity contribution in [2.75, 3.05) is 76.2 Å². The number of carboxylic acids is 1. The molecule has 728 valence electrons. The number of nitrogens with two attached hydrogens (primary N) is 1. The Bertz CT molecular complexity index is 6340. The highest BCUT2D eigenvalue weighted by Gasteiger charge is 2.34. The minimum atomic E-state index is -0.908. The Labute approximate surface area is 864 Å². The number of benzene rings is 11. The molecule has 15 rings (SSSR count). The Morgan fingerprint density at radius 1 is 0.536 bits per heavy atom. The fourth-order valence-electron chi connectivity index (χ4n) is 17.7. The summed E-state index contributed by atoms with van der Waals surface area (Å²) in [6.07, 6.45) is 13.9. The summed E-state index contributed by atoms with van der Waals surface area (Å²) in [5.74, 6) is 1.23. The number of methoxy groups -OCH3 is 4. The molecule has 3 aliphatic carbocycles. The Kier molecular flexibility index (Phi) is 40.1. The molecule has 20 nitrogen and oxygen atoms in total. The predicted octanol–water partition coefficient (Wildman–Crippen LogP) is 24.3. The number of likely N-dealkylation sites (N-methyl/N-ethyl adjacent to an activating group) is 1. The van der Waals surface area contributed by atoms with Crippen molar-refractivity contribution in [3.63, 3.8) is 0 Å². The lowest BCUT2D eigenvalue weighted by molar-refractivity contribution is -0.136. The molecular weight excluding hydrogens is 2090 g/mol. The molecule has 3 aliphatic rings. The van der Waals surface area contributed by atoms with E-state index in [9.17, 15) is 43.5 Å². The number of amides is 4. The van der Waals surface area contributed by atoms with Crippen LogP contribution in [0.1, 0.15) is 141 Å². The lowest BCUT2D eigenvalue weighted by Gasteiger charge is -2.24. The van der Waals surface area contributed by atoms with Gasteiger partial charge in [-0.2, -0.15) is 0 Å². The first kappa shape index (κ1) is 108. The molecule has 0 radical (unpaired) electrons. The number of fused-ring (bicyclic) bond motifs is 6. The minimum absolute atomic E-state index is 0.0506. The summed E-state index contributed by atoms with van der Waals surface area (Å²) < 4.78 is 31.3. The largest absolute Gasteiger partial charge is 0.497 e. The van der Waals surface area contributed by atoms with Gasteiger partial charge >= 0.3 is 12.1 Å². The molecule has 4 amide bonds. The van der Waals surface area contributed by atoms with E-state index in [-0.39, 0.29) is 60.4 Å². The van der Waals surface area contributed by atoms with Gasteiger partial charge in [-0.3, -0.25) is 33.6 Å². The molecule has 140 heavy (non-hydrogen) atoms. The first-order valence-electron chi connectivity index (χ1n) is 46.9. The Morgan fingerprint density at radius 2 is 1.01 bits per heavy atom. The summed E-state index contributed by atoms with van der Waals surface area (Å²) in [6.45, 7) is 13.3. The number of carboxylic acid groups (broad SMARTS) is 1. The molecule has 0 spiro atoms. The van der Waals surface area contributed by atoms with E-state index in [2.05, 4.69) is 153 Å². The average molecular weight is 2220 g/mol. The number of ether oxygens (including phenoxy) is 5. The lowest BCUT2D eigenvalue weighted by atomic mass is 9.89. The zero-order valence-corrected chi connectivity index (χ0v) is 88.4. The van der Waals surface area contributed by atoms with Crippen LogP contribution in [-0.2, 0) is 89.7 Å². The van der Waals surface area contributed by atoms with Crippen LogP contribution in [0.15, 0.2) is 297 Å². The summed E-state index contributed by atoms with van der Waals surface area (Å²) in [6, 6.07) is 85.9. The number of hydrogen-bond donors (Lipinski definition) is 2. The molecular formula is C117H125I3N6O14. The normalized spacial score (nSPS) is 13.8. The van der Waals surface area contributed by atoms with Gasteiger partial charge in [-0.15, -0.1) is 6.58 Å². The summed E-state index contributed by atoms with van der Waals surface area (Å²) in [7, 11) is 13.6. The van der Waals surface area contributed by atoms with Crippen LogP contribution in [0.3, 0.4) is 0 Å². The van der Waals surface area contributed by atoms with Crippen LogP contribution < -0.4 is 44.3 Å². The first-order valence-corrected chi connectivity index (χ1v) is 50.1. The number of rotatable bonds is 28. The van der Waals surface area contributed by atoms with Crippen molar-refractivity contribution in [3.8, 4) is 23.0 Å². The molecule has 2 bridgehead atoms. The standard InChI is InChI=1S/C32H32INO3.C32H31NO3.C18H20INO2.C18H23NO4.C17H19IN2O2/c1-4-8-23-19-24-10-5-6-12-30(24)31(23)21-28(35)20-25(17-22-9-7-11-26(33)18-22)32(36)34(2)27-13-15-29(37-3)16-14-27;1-33(27-13-15-29(36-2)16-14-27)32(35)26-18-23-9-5-7-22(17-23)8-6-11-25-19-24-10-3-4-12-30(24)31(25)21-28(34)20-26;1-13(11-14-5-4-6-15(19)12-14)18(21)20(2)16-7-9-17(22-3)10-8-16;1-5-8-14-13(11-16(20)21)12-9-6-7-10-15(12)19(14)17(22)23-18(2,3)4;1-20(14-6-8-15(22-2)9-7-14)17(21)16(19)11-12-4-3-5-13(18)10-12/h4-7,9-16,18,25H,1,8,17,19-21H2,2-3H3;3-10,12-17,26H,11,18-21H2,1-2H3;4-10,12-13H,11H2,1-3H3;6-7,9-10H,5,8,11H2,1-4H3,(H,20,21);3-10,16H,11,19H2,1-2H3/b;8-6+;;;/t25-;26-;13-;;16-/m110.0/s1. The van der Waals surface area contributed by atoms with Crippen molar-refractivity contribution in [1.82, 2.24) is 4.57 Å². The van der Waals surface area contributed by atoms with Gasteiger partial charge in [0.15, 0.2) is 0 Å². The van der Waals surface area contributed by atoms with E-state index in [0.29, 0.717) is 49.6 Å². The number of allylic oxidation sites excluding steroid dienone is 6. The number of Topliss-reactive ketones (excluding diaryl/α,β-unsaturated/α-hetero) is 2. The molecule has 0 saturated carbocycles. The van der Waals surface area contributed by atoms with E-state index in [0.717, 1.165) is 141 Å². The maximum absolute atomic E-state index is 13.7. The zero-order chi connectivity index (χ0) is 101. The molecule has 23 heteroatoms. The molecule has 0 unspecified atom stereocenters. The molecule has 0 aliphatic heterocycles. The second-order valence-electron chi connectivity index (χ2n) is 36.1. The number of anilines is 4. The Hall–Kier alpha value is -12.6. The first-order chi connectivity index (χ1) is 67.2. The number of aromatic nitrogens is 1. The monoisotopic (exact) mass is 2220 g/mol. The van der Waals surface area contributed by atoms with Crippen LogP contribution in [0.2, 0.25) is 0 Å². The van der Waals surface area contributed by atoms with E-state index in [4.69, 9.17) is 29.4 Å². The third-order valence-electron chi connectivity index (χ3n) is 24.8. The van der Waals surface area contributed by atoms with Gasteiger partial charge in [0.1, 0.15) is 40.2 Å². The fraction of sp³-hybridized carbons (Fsp3) is 0.282. The van der Waals surface area contributed by atoms with Crippen molar-refractivity contribution in [3.05, 3.63) is 369 Å². The van der Waals surface area contributed by atoms with E-state index in [1.54, 1.807) is 69.2 Å². The van der Waals surface area contributed by atoms with Crippen molar-refractivity contribution in [1.29, 1.82) is 0 Å². The molecule has 12 aromatic rings. The van der Waals surface area contributed by atoms with Gasteiger partial charge in [0.2, 0.25) is 23.6 Å². The molecule has 0 fully saturated rings. The van der Waals surface area contributed by atoms with Crippen LogP contribution >= 0.6 is 67.8 Å². The number of carbonyl (C=O) groups excluding carboxylic acids is 7. The SMILES string of the molecule is C=CCC1=C(CC(=O)C[C@@H](Cc2cccc(I)c2)C(=O)N(C)c2ccc(OC)cc2)c2ccccc2C1.CCCc1c(CC(=O)O)c2ccccc2n1C(=O)OC(C)(C)C.COc1ccc(N(C)C(=O)[C@@H](C)Cc2cccc(I)c2)cc1.COc1ccc(N(C)C(=O)[C@@H](N)Cc2cccc(I)c2)cc1.COc1ccc(N(C)C(=O)[C@H]2CC(=O)CC3=C(C/C=C/c4cccc(c4)C2)Cc2ccccc23)cc1. The number of carbonyl (C=O) groups is 8. The highest BCUT2D eigenvalue weighted by Crippen LogP contribution is 2.41. The van der Waals surface area contributed by atoms with Crippen molar-refractivity contribution in [2.45, 2.75) is 143 Å². The van der Waals surface area contributed by atoms with E-state index < -0.39 is 35.5 Å². The van der Waals surface area contributed by atoms with Gasteiger partial charge in [-0.05, 0) is 353 Å². The highest BCUT2D eigenvalue weighted by atomic mass is 127. The second kappa shape index (κ2) is 52.1. The summed E-state index contributed by atoms with van der Waals surface area (Å²) in [5.41, 5.74) is 26.0. The topological polar surface area (TPSA) is 247 Å². The minimum Gasteiger partial charge on any atom is -0.497 e. The fourth-order valence-corrected chi connectivity index (χ4v) is 19.5. The summed E-state index contributed by atoms with van der Waals surface area (Å²) in [4.78, 5) is 110. The maximum Gasteiger partial charge on any atom is 0.419 e. The van der Waals surface area contributed by atoms with Gasteiger partial charge in [-0.25, -0.2) is 9.36 Å². The summed E-state index contributed by atoms with van der Waals surface area (Å²) >= 11 is 6.82. The molecule has 0 saturated heterocycles. The number of para-hydroxylation sites is 1. The van der Waals surface area contributed by atoms with Crippen LogP contribution in [0, 0.1) is 28.5 Å². The molecule has 1 heterocycles. The lowest BCUT2D eigenvalue weighted by Crippen LogP contribution is -2.43. The molecule has 1 aromatic heterocycles. The van der Waals surface area contributed by atoms with Crippen LogP contribution in [0.4, 0.5) is 27.5 Å². The number of nitrogens with zero attached hydrogens (tertiary/aromatic N) is 5. The predicted molar refractivity (Wildman–Crippen MR) is 588 cm³/mol. The number of ketones is 2. The third kappa shape index (κ3) is 30.2. The van der Waals surface area contributed by atoms with Gasteiger partial charge in [0, 0.05) is 116 Å².